The second-order valence-electron chi connectivity index (χ2n) is 3.29. The van der Waals surface area contributed by atoms with Crippen molar-refractivity contribution < 1.29 is 9.47 Å². The molecule has 2 heterocycles. The summed E-state index contributed by atoms with van der Waals surface area (Å²) in [6, 6.07) is 4.21. The molecule has 0 spiro atoms. The Balaban J connectivity index is 1.95. The van der Waals surface area contributed by atoms with Crippen LogP contribution in [0.15, 0.2) is 18.3 Å². The molecular formula is C10H14N2O2. The maximum atomic E-state index is 5.26. The van der Waals surface area contributed by atoms with Gasteiger partial charge in [-0.25, -0.2) is 4.98 Å². The van der Waals surface area contributed by atoms with Crippen LogP contribution < -0.4 is 10.1 Å². The smallest absolute Gasteiger partial charge is 0.137 e. The third kappa shape index (κ3) is 2.14. The fraction of sp³-hybridized carbons (Fsp3) is 0.500. The Kier molecular flexibility index (Phi) is 2.84. The third-order valence-electron chi connectivity index (χ3n) is 2.25. The van der Waals surface area contributed by atoms with Crippen LogP contribution in [0.1, 0.15) is 6.42 Å². The summed E-state index contributed by atoms with van der Waals surface area (Å²) in [4.78, 5) is 4.22. The van der Waals surface area contributed by atoms with Crippen molar-refractivity contribution in [1.29, 1.82) is 0 Å². The Morgan fingerprint density at radius 1 is 1.57 bits per heavy atom. The molecule has 76 valence electrons. The molecule has 14 heavy (non-hydrogen) atoms. The largest absolute Gasteiger partial charge is 0.495 e. The van der Waals surface area contributed by atoms with Crippen molar-refractivity contribution in [2.24, 2.45) is 0 Å². The summed E-state index contributed by atoms with van der Waals surface area (Å²) in [6.45, 7) is 1.61. The van der Waals surface area contributed by atoms with Crippen molar-refractivity contribution in [3.8, 4) is 5.75 Å². The van der Waals surface area contributed by atoms with E-state index in [1.807, 2.05) is 12.1 Å². The zero-order valence-corrected chi connectivity index (χ0v) is 8.19. The first kappa shape index (κ1) is 9.27. The number of anilines is 1. The van der Waals surface area contributed by atoms with Gasteiger partial charge in [0.15, 0.2) is 0 Å². The standard InChI is InChI=1S/C10H14N2O2/c1-13-9-2-3-10(11-6-9)12-8-4-5-14-7-8/h2-3,6,8H,4-5,7H2,1H3,(H,11,12). The predicted octanol–water partition coefficient (Wildman–Crippen LogP) is 1.29. The maximum absolute atomic E-state index is 5.26. The van der Waals surface area contributed by atoms with Gasteiger partial charge in [0.2, 0.25) is 0 Å². The van der Waals surface area contributed by atoms with E-state index in [1.54, 1.807) is 13.3 Å². The van der Waals surface area contributed by atoms with Crippen LogP contribution in [-0.4, -0.2) is 31.3 Å². The lowest BCUT2D eigenvalue weighted by molar-refractivity contribution is 0.195. The minimum Gasteiger partial charge on any atom is -0.495 e. The van der Waals surface area contributed by atoms with Crippen molar-refractivity contribution >= 4 is 5.82 Å². The van der Waals surface area contributed by atoms with E-state index >= 15 is 0 Å². The van der Waals surface area contributed by atoms with Gasteiger partial charge < -0.3 is 14.8 Å². The van der Waals surface area contributed by atoms with Crippen LogP contribution in [0.3, 0.4) is 0 Å². The van der Waals surface area contributed by atoms with E-state index in [-0.39, 0.29) is 0 Å². The normalized spacial score (nSPS) is 20.8. The van der Waals surface area contributed by atoms with Crippen molar-refractivity contribution in [2.75, 3.05) is 25.6 Å². The SMILES string of the molecule is COc1ccc(NC2CCOC2)nc1. The number of nitrogens with one attached hydrogen (secondary N) is 1. The molecule has 1 aromatic rings. The fourth-order valence-electron chi connectivity index (χ4n) is 1.44. The minimum absolute atomic E-state index is 0.399. The Hall–Kier alpha value is -1.29. The number of hydrogen-bond donors (Lipinski definition) is 1. The van der Waals surface area contributed by atoms with Crippen LogP contribution in [0.4, 0.5) is 5.82 Å². The average Bonchev–Trinajstić information content (AvgIpc) is 2.72. The van der Waals surface area contributed by atoms with Crippen LogP contribution in [-0.2, 0) is 4.74 Å². The van der Waals surface area contributed by atoms with E-state index in [2.05, 4.69) is 10.3 Å². The third-order valence-corrected chi connectivity index (χ3v) is 2.25. The summed E-state index contributed by atoms with van der Waals surface area (Å²) < 4.78 is 10.3. The predicted molar refractivity (Wildman–Crippen MR) is 53.6 cm³/mol. The van der Waals surface area contributed by atoms with E-state index in [0.717, 1.165) is 31.2 Å². The van der Waals surface area contributed by atoms with Gasteiger partial charge in [-0.2, -0.15) is 0 Å². The van der Waals surface area contributed by atoms with Crippen molar-refractivity contribution in [3.63, 3.8) is 0 Å². The molecule has 1 N–H and O–H groups in total. The highest BCUT2D eigenvalue weighted by Gasteiger charge is 2.15. The van der Waals surface area contributed by atoms with Crippen LogP contribution in [0, 0.1) is 0 Å². The van der Waals surface area contributed by atoms with E-state index in [4.69, 9.17) is 9.47 Å². The Labute approximate surface area is 83.2 Å². The molecule has 1 fully saturated rings. The van der Waals surface area contributed by atoms with E-state index in [0.29, 0.717) is 6.04 Å². The molecule has 1 aliphatic heterocycles. The number of nitrogens with zero attached hydrogens (tertiary/aromatic N) is 1. The number of methoxy groups -OCH3 is 1. The molecule has 1 aliphatic rings. The molecule has 4 heteroatoms. The van der Waals surface area contributed by atoms with E-state index < -0.39 is 0 Å². The average molecular weight is 194 g/mol. The molecule has 1 unspecified atom stereocenters. The van der Waals surface area contributed by atoms with Gasteiger partial charge in [-0.1, -0.05) is 0 Å². The molecule has 4 nitrogen and oxygen atoms in total. The summed E-state index contributed by atoms with van der Waals surface area (Å²) in [5, 5.41) is 3.30. The Bertz CT molecular complexity index is 281. The van der Waals surface area contributed by atoms with Gasteiger partial charge in [0.25, 0.3) is 0 Å². The van der Waals surface area contributed by atoms with Gasteiger partial charge in [-0.15, -0.1) is 0 Å². The number of rotatable bonds is 3. The number of ether oxygens (including phenoxy) is 2. The zero-order chi connectivity index (χ0) is 9.80. The molecule has 1 atom stereocenters. The lowest BCUT2D eigenvalue weighted by Crippen LogP contribution is -2.19. The first-order chi connectivity index (χ1) is 6.88. The highest BCUT2D eigenvalue weighted by atomic mass is 16.5. The van der Waals surface area contributed by atoms with Gasteiger partial charge >= 0.3 is 0 Å². The lowest BCUT2D eigenvalue weighted by Gasteiger charge is -2.10. The second-order valence-corrected chi connectivity index (χ2v) is 3.29. The molecule has 0 radical (unpaired) electrons. The van der Waals surface area contributed by atoms with Gasteiger partial charge in [-0.05, 0) is 18.6 Å². The zero-order valence-electron chi connectivity index (χ0n) is 8.19. The highest BCUT2D eigenvalue weighted by Crippen LogP contribution is 2.14. The molecule has 1 saturated heterocycles. The lowest BCUT2D eigenvalue weighted by atomic mass is 10.2. The quantitative estimate of drug-likeness (QED) is 0.787. The molecule has 0 aliphatic carbocycles. The Morgan fingerprint density at radius 3 is 3.07 bits per heavy atom. The number of hydrogen-bond acceptors (Lipinski definition) is 4. The topological polar surface area (TPSA) is 43.4 Å². The Morgan fingerprint density at radius 2 is 2.50 bits per heavy atom. The van der Waals surface area contributed by atoms with Crippen LogP contribution in [0.25, 0.3) is 0 Å². The van der Waals surface area contributed by atoms with E-state index in [1.165, 1.54) is 0 Å². The second kappa shape index (κ2) is 4.28. The summed E-state index contributed by atoms with van der Waals surface area (Å²) >= 11 is 0. The number of pyridine rings is 1. The van der Waals surface area contributed by atoms with Gasteiger partial charge in [0.1, 0.15) is 11.6 Å². The molecular weight excluding hydrogens is 180 g/mol. The molecule has 0 amide bonds. The van der Waals surface area contributed by atoms with Crippen LogP contribution in [0.5, 0.6) is 5.75 Å². The first-order valence-corrected chi connectivity index (χ1v) is 4.73. The summed E-state index contributed by atoms with van der Waals surface area (Å²) in [7, 11) is 1.63. The first-order valence-electron chi connectivity index (χ1n) is 4.73. The number of aromatic nitrogens is 1. The highest BCUT2D eigenvalue weighted by molar-refractivity contribution is 5.38. The maximum Gasteiger partial charge on any atom is 0.137 e. The molecule has 2 rings (SSSR count). The summed E-state index contributed by atoms with van der Waals surface area (Å²) in [5.41, 5.74) is 0. The fourth-order valence-corrected chi connectivity index (χ4v) is 1.44. The molecule has 1 aromatic heterocycles. The van der Waals surface area contributed by atoms with Crippen LogP contribution >= 0.6 is 0 Å². The van der Waals surface area contributed by atoms with Gasteiger partial charge in [0, 0.05) is 6.61 Å². The minimum atomic E-state index is 0.399. The van der Waals surface area contributed by atoms with Crippen molar-refractivity contribution in [1.82, 2.24) is 4.98 Å². The van der Waals surface area contributed by atoms with E-state index in [9.17, 15) is 0 Å². The van der Waals surface area contributed by atoms with Gasteiger partial charge in [0.05, 0.1) is 26.0 Å². The van der Waals surface area contributed by atoms with Crippen molar-refractivity contribution in [2.45, 2.75) is 12.5 Å². The molecule has 0 bridgehead atoms. The molecule has 0 saturated carbocycles. The van der Waals surface area contributed by atoms with Crippen LogP contribution in [0.2, 0.25) is 0 Å². The van der Waals surface area contributed by atoms with Gasteiger partial charge in [-0.3, -0.25) is 0 Å². The monoisotopic (exact) mass is 194 g/mol. The summed E-state index contributed by atoms with van der Waals surface area (Å²) in [5.74, 6) is 1.65. The van der Waals surface area contributed by atoms with Crippen molar-refractivity contribution in [3.05, 3.63) is 18.3 Å². The summed E-state index contributed by atoms with van der Waals surface area (Å²) in [6.07, 6.45) is 2.76. The molecule has 0 aromatic carbocycles.